The van der Waals surface area contributed by atoms with Crippen molar-refractivity contribution < 1.29 is 24.2 Å². The molecule has 49 heavy (non-hydrogen) atoms. The highest BCUT2D eigenvalue weighted by atomic mass is 35.5. The van der Waals surface area contributed by atoms with Crippen molar-refractivity contribution in [2.45, 2.75) is 62.8 Å². The number of aliphatic hydroxyl groups excluding tert-OH is 1. The predicted octanol–water partition coefficient (Wildman–Crippen LogP) is 6.15. The van der Waals surface area contributed by atoms with Gasteiger partial charge in [-0.1, -0.05) is 91.3 Å². The van der Waals surface area contributed by atoms with Crippen LogP contribution >= 0.6 is 11.6 Å². The number of aliphatic hydroxyl groups is 1. The summed E-state index contributed by atoms with van der Waals surface area (Å²) < 4.78 is 7.10. The first-order valence-electron chi connectivity index (χ1n) is 17.0. The van der Waals surface area contributed by atoms with Gasteiger partial charge in [-0.25, -0.2) is 0 Å². The van der Waals surface area contributed by atoms with E-state index in [0.29, 0.717) is 42.1 Å². The Morgan fingerprint density at radius 3 is 2.24 bits per heavy atom. The van der Waals surface area contributed by atoms with E-state index in [-0.39, 0.29) is 37.4 Å². The fourth-order valence-electron chi connectivity index (χ4n) is 8.60. The Labute approximate surface area is 293 Å². The van der Waals surface area contributed by atoms with Gasteiger partial charge in [0.1, 0.15) is 11.6 Å². The molecule has 8 nitrogen and oxygen atoms in total. The Kier molecular flexibility index (Phi) is 9.85. The van der Waals surface area contributed by atoms with Crippen LogP contribution in [-0.2, 0) is 25.5 Å². The number of fused-ring (bicyclic) bond motifs is 1. The second kappa shape index (κ2) is 13.9. The molecule has 3 aromatic carbocycles. The molecule has 9 heteroatoms. The molecule has 3 saturated heterocycles. The van der Waals surface area contributed by atoms with Crippen LogP contribution in [0, 0.1) is 18.8 Å². The number of nitrogens with zero attached hydrogens (tertiary/aromatic N) is 3. The maximum atomic E-state index is 15.3. The lowest BCUT2D eigenvalue weighted by Crippen LogP contribution is -2.59. The number of ether oxygens (including phenoxy) is 1. The largest absolute Gasteiger partial charge is 0.394 e. The molecular formula is C40H44ClN3O5. The zero-order chi connectivity index (χ0) is 34.9. The van der Waals surface area contributed by atoms with Gasteiger partial charge >= 0.3 is 0 Å². The number of hydrogen-bond acceptors (Lipinski definition) is 5. The van der Waals surface area contributed by atoms with Crippen LogP contribution in [0.4, 0.5) is 11.4 Å². The number of anilines is 2. The summed E-state index contributed by atoms with van der Waals surface area (Å²) >= 11 is 6.75. The molecule has 3 aromatic rings. The number of amides is 3. The van der Waals surface area contributed by atoms with Crippen LogP contribution in [0.25, 0.3) is 0 Å². The third-order valence-electron chi connectivity index (χ3n) is 10.7. The minimum absolute atomic E-state index is 0.133. The molecule has 1 N–H and O–H groups in total. The maximum absolute atomic E-state index is 15.3. The summed E-state index contributed by atoms with van der Waals surface area (Å²) in [6, 6.07) is 22.5. The van der Waals surface area contributed by atoms with Crippen LogP contribution in [0.3, 0.4) is 0 Å². The summed E-state index contributed by atoms with van der Waals surface area (Å²) in [6.07, 6.45) is 5.01. The lowest BCUT2D eigenvalue weighted by Gasteiger charge is -2.40. The van der Waals surface area contributed by atoms with E-state index in [1.807, 2.05) is 86.6 Å². The number of likely N-dealkylation sites (tertiary alicyclic amines) is 1. The van der Waals surface area contributed by atoms with Crippen LogP contribution in [0.1, 0.15) is 37.3 Å². The fraction of sp³-hybridized carbons (Fsp3) is 0.375. The third kappa shape index (κ3) is 5.69. The molecular weight excluding hydrogens is 638 g/mol. The Morgan fingerprint density at radius 2 is 1.63 bits per heavy atom. The van der Waals surface area contributed by atoms with Crippen molar-refractivity contribution in [2.24, 2.45) is 11.8 Å². The number of carbonyl (C=O) groups is 3. The van der Waals surface area contributed by atoms with Gasteiger partial charge in [-0.3, -0.25) is 14.4 Å². The molecule has 3 heterocycles. The smallest absolute Gasteiger partial charge is 0.253 e. The molecule has 0 radical (unpaired) electrons. The van der Waals surface area contributed by atoms with Gasteiger partial charge in [0.15, 0.2) is 0 Å². The summed E-state index contributed by atoms with van der Waals surface area (Å²) in [5.74, 6) is -2.78. The molecule has 2 bridgehead atoms. The van der Waals surface area contributed by atoms with Gasteiger partial charge in [-0.05, 0) is 61.9 Å². The monoisotopic (exact) mass is 681 g/mol. The van der Waals surface area contributed by atoms with Crippen LogP contribution in [-0.4, -0.2) is 70.7 Å². The standard InChI is InChI=1S/C40H44ClN3O5/c1-5-23-42(29-18-12-9-13-19-29)36(46)32-33-37(47)44(30(26-45)25-28-16-10-8-11-17-28)35(40(33)22-21-39(32,7-3)49-40)38(48)43(24-6-2)34-27(4)15-14-20-31(34)41/h5-6,8-20,30,32-33,35,45H,1-2,7,21-26H2,3-4H3/t30-,32-,33+,35?,39+,40?/m1/s1. The molecule has 0 saturated carbocycles. The Bertz CT molecular complexity index is 1710. The third-order valence-corrected chi connectivity index (χ3v) is 11.0. The lowest BCUT2D eigenvalue weighted by atomic mass is 9.64. The topological polar surface area (TPSA) is 90.4 Å². The number of hydrogen-bond donors (Lipinski definition) is 1. The summed E-state index contributed by atoms with van der Waals surface area (Å²) in [5, 5.41) is 11.3. The van der Waals surface area contributed by atoms with Gasteiger partial charge in [-0.2, -0.15) is 0 Å². The lowest BCUT2D eigenvalue weighted by molar-refractivity contribution is -0.149. The van der Waals surface area contributed by atoms with Crippen molar-refractivity contribution in [3.8, 4) is 0 Å². The highest BCUT2D eigenvalue weighted by molar-refractivity contribution is 6.34. The molecule has 2 unspecified atom stereocenters. The van der Waals surface area contributed by atoms with Gasteiger partial charge in [-0.15, -0.1) is 13.2 Å². The molecule has 3 aliphatic heterocycles. The second-order valence-electron chi connectivity index (χ2n) is 13.3. The van der Waals surface area contributed by atoms with E-state index in [1.165, 1.54) is 4.90 Å². The summed E-state index contributed by atoms with van der Waals surface area (Å²) in [6.45, 7) is 11.7. The molecule has 3 amide bonds. The Balaban J connectivity index is 1.52. The maximum Gasteiger partial charge on any atom is 0.253 e. The minimum atomic E-state index is -1.31. The molecule has 3 aliphatic rings. The fourth-order valence-corrected chi connectivity index (χ4v) is 8.93. The van der Waals surface area contributed by atoms with Crippen molar-refractivity contribution in [3.05, 3.63) is 120 Å². The molecule has 1 spiro atoms. The van der Waals surface area contributed by atoms with E-state index in [2.05, 4.69) is 13.2 Å². The van der Waals surface area contributed by atoms with E-state index < -0.39 is 35.1 Å². The average Bonchev–Trinajstić information content (AvgIpc) is 3.73. The number of halogens is 1. The van der Waals surface area contributed by atoms with Gasteiger partial charge in [0.2, 0.25) is 11.8 Å². The summed E-state index contributed by atoms with van der Waals surface area (Å²) in [4.78, 5) is 50.1. The van der Waals surface area contributed by atoms with Crippen molar-refractivity contribution in [1.29, 1.82) is 0 Å². The number of carbonyl (C=O) groups excluding carboxylic acids is 3. The SMILES string of the molecule is C=CCN(C(=O)[C@H]1[C@H]2C(=O)N([C@@H](CO)Cc3ccccc3)C(C(=O)N(CC=C)c3c(C)cccc3Cl)C23CC[C@]1(CC)O3)c1ccccc1. The van der Waals surface area contributed by atoms with Crippen molar-refractivity contribution in [2.75, 3.05) is 29.5 Å². The van der Waals surface area contributed by atoms with E-state index in [1.54, 1.807) is 28.0 Å². The van der Waals surface area contributed by atoms with Gasteiger partial charge in [0.05, 0.1) is 40.8 Å². The molecule has 3 fully saturated rings. The van der Waals surface area contributed by atoms with Crippen LogP contribution < -0.4 is 9.80 Å². The van der Waals surface area contributed by atoms with E-state index in [9.17, 15) is 9.90 Å². The molecule has 0 aliphatic carbocycles. The highest BCUT2D eigenvalue weighted by Crippen LogP contribution is 2.65. The minimum Gasteiger partial charge on any atom is -0.394 e. The zero-order valence-electron chi connectivity index (χ0n) is 28.1. The van der Waals surface area contributed by atoms with Crippen LogP contribution in [0.2, 0.25) is 5.02 Å². The van der Waals surface area contributed by atoms with E-state index in [4.69, 9.17) is 16.3 Å². The number of aryl methyl sites for hydroxylation is 1. The van der Waals surface area contributed by atoms with Gasteiger partial charge in [0, 0.05) is 18.8 Å². The molecule has 256 valence electrons. The van der Waals surface area contributed by atoms with E-state index >= 15 is 9.59 Å². The van der Waals surface area contributed by atoms with Crippen molar-refractivity contribution >= 4 is 40.7 Å². The molecule has 6 rings (SSSR count). The second-order valence-corrected chi connectivity index (χ2v) is 13.7. The Morgan fingerprint density at radius 1 is 0.980 bits per heavy atom. The quantitative estimate of drug-likeness (QED) is 0.219. The summed E-state index contributed by atoms with van der Waals surface area (Å²) in [5.41, 5.74) is 0.649. The Hall–Kier alpha value is -4.24. The van der Waals surface area contributed by atoms with Gasteiger partial charge in [0.25, 0.3) is 5.91 Å². The number of rotatable bonds is 13. The normalized spacial score (nSPS) is 25.9. The molecule has 6 atom stereocenters. The first-order valence-corrected chi connectivity index (χ1v) is 17.4. The van der Waals surface area contributed by atoms with Crippen molar-refractivity contribution in [1.82, 2.24) is 4.90 Å². The predicted molar refractivity (Wildman–Crippen MR) is 192 cm³/mol. The highest BCUT2D eigenvalue weighted by Gasteiger charge is 2.79. The van der Waals surface area contributed by atoms with Crippen LogP contribution in [0.5, 0.6) is 0 Å². The zero-order valence-corrected chi connectivity index (χ0v) is 28.9. The van der Waals surface area contributed by atoms with Gasteiger partial charge < -0.3 is 24.5 Å². The van der Waals surface area contributed by atoms with Crippen molar-refractivity contribution in [3.63, 3.8) is 0 Å². The van der Waals surface area contributed by atoms with Crippen LogP contribution in [0.15, 0.2) is 104 Å². The first kappa shape index (κ1) is 34.6. The average molecular weight is 682 g/mol. The molecule has 0 aromatic heterocycles. The number of benzene rings is 3. The first-order chi connectivity index (χ1) is 23.7. The summed E-state index contributed by atoms with van der Waals surface area (Å²) in [7, 11) is 0. The van der Waals surface area contributed by atoms with E-state index in [0.717, 1.165) is 11.1 Å². The number of para-hydroxylation sites is 2.